The minimum absolute atomic E-state index is 0.0405. The van der Waals surface area contributed by atoms with E-state index in [0.29, 0.717) is 0 Å². The van der Waals surface area contributed by atoms with Gasteiger partial charge < -0.3 is 10.2 Å². The van der Waals surface area contributed by atoms with Crippen LogP contribution in [-0.4, -0.2) is 52.4 Å². The van der Waals surface area contributed by atoms with Crippen molar-refractivity contribution in [3.63, 3.8) is 0 Å². The molecule has 1 amide bonds. The maximum absolute atomic E-state index is 11.9. The van der Waals surface area contributed by atoms with Crippen molar-refractivity contribution in [2.45, 2.75) is 51.6 Å². The second-order valence-electron chi connectivity index (χ2n) is 7.40. The molecule has 3 aliphatic rings. The van der Waals surface area contributed by atoms with Crippen molar-refractivity contribution in [3.05, 3.63) is 17.1 Å². The highest BCUT2D eigenvalue weighted by atomic mass is 16.2. The molecule has 0 unspecified atom stereocenters. The number of fused-ring (bicyclic) bond motifs is 1. The molecule has 1 aromatic heterocycles. The number of anilines is 1. The Morgan fingerprint density at radius 3 is 2.79 bits per heavy atom. The first-order chi connectivity index (χ1) is 11.7. The third kappa shape index (κ3) is 2.99. The van der Waals surface area contributed by atoms with Crippen LogP contribution in [0, 0.1) is 5.92 Å². The summed E-state index contributed by atoms with van der Waals surface area (Å²) < 4.78 is 0. The molecule has 1 saturated carbocycles. The van der Waals surface area contributed by atoms with Crippen molar-refractivity contribution >= 4 is 11.7 Å². The van der Waals surface area contributed by atoms with Crippen LogP contribution in [0.1, 0.15) is 55.7 Å². The summed E-state index contributed by atoms with van der Waals surface area (Å²) in [5.74, 6) is 2.80. The Hall–Kier alpha value is -1.69. The van der Waals surface area contributed by atoms with Crippen molar-refractivity contribution in [1.29, 1.82) is 0 Å². The average Bonchev–Trinajstić information content (AvgIpc) is 3.24. The Labute approximate surface area is 143 Å². The SMILES string of the molecule is CNc1nc([C@@H]2CCCN2C(C)=O)nc2c1CCN(CC1CC1)C2. The largest absolute Gasteiger partial charge is 0.373 e. The summed E-state index contributed by atoms with van der Waals surface area (Å²) >= 11 is 0. The minimum atomic E-state index is 0.0405. The molecule has 1 aromatic rings. The van der Waals surface area contributed by atoms with Gasteiger partial charge >= 0.3 is 0 Å². The molecule has 2 fully saturated rings. The molecule has 1 N–H and O–H groups in total. The summed E-state index contributed by atoms with van der Waals surface area (Å²) in [4.78, 5) is 26.1. The Kier molecular flexibility index (Phi) is 4.16. The fourth-order valence-electron chi connectivity index (χ4n) is 4.09. The Morgan fingerprint density at radius 1 is 1.25 bits per heavy atom. The summed E-state index contributed by atoms with van der Waals surface area (Å²) in [5, 5.41) is 3.26. The first-order valence-electron chi connectivity index (χ1n) is 9.22. The van der Waals surface area contributed by atoms with Crippen LogP contribution < -0.4 is 5.32 Å². The van der Waals surface area contributed by atoms with Crippen molar-refractivity contribution < 1.29 is 4.79 Å². The lowest BCUT2D eigenvalue weighted by Gasteiger charge is -2.30. The van der Waals surface area contributed by atoms with Gasteiger partial charge in [-0.05, 0) is 38.0 Å². The van der Waals surface area contributed by atoms with Gasteiger partial charge in [0.1, 0.15) is 5.82 Å². The number of rotatable bonds is 4. The van der Waals surface area contributed by atoms with E-state index < -0.39 is 0 Å². The van der Waals surface area contributed by atoms with E-state index >= 15 is 0 Å². The lowest BCUT2D eigenvalue weighted by molar-refractivity contribution is -0.129. The number of likely N-dealkylation sites (tertiary alicyclic amines) is 1. The fourth-order valence-corrected chi connectivity index (χ4v) is 4.09. The molecule has 1 aliphatic carbocycles. The highest BCUT2D eigenvalue weighted by Crippen LogP contribution is 2.34. The molecule has 0 aromatic carbocycles. The van der Waals surface area contributed by atoms with E-state index in [-0.39, 0.29) is 11.9 Å². The second-order valence-corrected chi connectivity index (χ2v) is 7.40. The van der Waals surface area contributed by atoms with Crippen LogP contribution in [0.5, 0.6) is 0 Å². The van der Waals surface area contributed by atoms with Crippen molar-refractivity contribution in [1.82, 2.24) is 19.8 Å². The Bertz CT molecular complexity index is 643. The predicted octanol–water partition coefficient (Wildman–Crippen LogP) is 1.97. The van der Waals surface area contributed by atoms with Crippen LogP contribution in [0.2, 0.25) is 0 Å². The van der Waals surface area contributed by atoms with Gasteiger partial charge in [-0.2, -0.15) is 0 Å². The topological polar surface area (TPSA) is 61.4 Å². The predicted molar refractivity (Wildman–Crippen MR) is 92.6 cm³/mol. The zero-order chi connectivity index (χ0) is 16.7. The van der Waals surface area contributed by atoms with Gasteiger partial charge in [0.05, 0.1) is 11.7 Å². The molecule has 1 saturated heterocycles. The molecule has 6 nitrogen and oxygen atoms in total. The summed E-state index contributed by atoms with van der Waals surface area (Å²) in [6.45, 7) is 5.69. The van der Waals surface area contributed by atoms with Gasteiger partial charge in [0.15, 0.2) is 5.82 Å². The van der Waals surface area contributed by atoms with Gasteiger partial charge in [-0.25, -0.2) is 9.97 Å². The van der Waals surface area contributed by atoms with Crippen LogP contribution in [-0.2, 0) is 17.8 Å². The molecule has 2 aliphatic heterocycles. The maximum atomic E-state index is 11.9. The zero-order valence-corrected chi connectivity index (χ0v) is 14.7. The van der Waals surface area contributed by atoms with Crippen molar-refractivity contribution in [2.75, 3.05) is 32.0 Å². The lowest BCUT2D eigenvalue weighted by Crippen LogP contribution is -2.35. The van der Waals surface area contributed by atoms with Gasteiger partial charge in [0.2, 0.25) is 5.91 Å². The van der Waals surface area contributed by atoms with E-state index in [1.165, 1.54) is 24.9 Å². The number of nitrogens with one attached hydrogen (secondary N) is 1. The van der Waals surface area contributed by atoms with Gasteiger partial charge in [-0.1, -0.05) is 0 Å². The molecule has 0 bridgehead atoms. The summed E-state index contributed by atoms with van der Waals surface area (Å²) in [6.07, 6.45) is 5.78. The van der Waals surface area contributed by atoms with Crippen LogP contribution in [0.3, 0.4) is 0 Å². The molecule has 1 atom stereocenters. The van der Waals surface area contributed by atoms with Crippen molar-refractivity contribution in [3.8, 4) is 0 Å². The number of nitrogens with zero attached hydrogens (tertiary/aromatic N) is 4. The first-order valence-corrected chi connectivity index (χ1v) is 9.22. The zero-order valence-electron chi connectivity index (χ0n) is 14.7. The lowest BCUT2D eigenvalue weighted by atomic mass is 10.0. The van der Waals surface area contributed by atoms with Gasteiger partial charge in [-0.3, -0.25) is 9.69 Å². The molecule has 0 spiro atoms. The molecule has 3 heterocycles. The normalized spacial score (nSPS) is 24.1. The number of carbonyl (C=O) groups excluding carboxylic acids is 1. The Morgan fingerprint density at radius 2 is 2.08 bits per heavy atom. The third-order valence-electron chi connectivity index (χ3n) is 5.57. The monoisotopic (exact) mass is 329 g/mol. The highest BCUT2D eigenvalue weighted by molar-refractivity contribution is 5.74. The molecule has 0 radical (unpaired) electrons. The number of hydrogen-bond donors (Lipinski definition) is 1. The quantitative estimate of drug-likeness (QED) is 0.915. The molecule has 6 heteroatoms. The van der Waals surface area contributed by atoms with Crippen LogP contribution in [0.25, 0.3) is 0 Å². The standard InChI is InChI=1S/C18H27N5O/c1-12(24)23-8-3-4-16(23)18-20-15-11-22(10-13-5-6-13)9-7-14(15)17(19-2)21-18/h13,16H,3-11H2,1-2H3,(H,19,20,21)/t16-/m0/s1. The van der Waals surface area contributed by atoms with E-state index in [4.69, 9.17) is 9.97 Å². The Balaban J connectivity index is 1.63. The number of aromatic nitrogens is 2. The molecular weight excluding hydrogens is 302 g/mol. The van der Waals surface area contributed by atoms with Crippen LogP contribution in [0.4, 0.5) is 5.82 Å². The molecular formula is C18H27N5O. The van der Waals surface area contributed by atoms with Crippen molar-refractivity contribution in [2.24, 2.45) is 5.92 Å². The number of carbonyl (C=O) groups is 1. The van der Waals surface area contributed by atoms with E-state index in [0.717, 1.165) is 62.2 Å². The van der Waals surface area contributed by atoms with E-state index in [9.17, 15) is 4.79 Å². The fraction of sp³-hybridized carbons (Fsp3) is 0.722. The summed E-state index contributed by atoms with van der Waals surface area (Å²) in [6, 6.07) is 0.0405. The third-order valence-corrected chi connectivity index (χ3v) is 5.57. The smallest absolute Gasteiger partial charge is 0.220 e. The van der Waals surface area contributed by atoms with E-state index in [2.05, 4.69) is 10.2 Å². The van der Waals surface area contributed by atoms with Crippen LogP contribution >= 0.6 is 0 Å². The number of amides is 1. The average molecular weight is 329 g/mol. The van der Waals surface area contributed by atoms with Gasteiger partial charge in [0.25, 0.3) is 0 Å². The first kappa shape index (κ1) is 15.8. The number of hydrogen-bond acceptors (Lipinski definition) is 5. The maximum Gasteiger partial charge on any atom is 0.220 e. The van der Waals surface area contributed by atoms with Gasteiger partial charge in [0, 0.05) is 45.7 Å². The van der Waals surface area contributed by atoms with E-state index in [1.54, 1.807) is 6.92 Å². The minimum Gasteiger partial charge on any atom is -0.373 e. The van der Waals surface area contributed by atoms with Crippen LogP contribution in [0.15, 0.2) is 0 Å². The molecule has 4 rings (SSSR count). The van der Waals surface area contributed by atoms with E-state index in [1.807, 2.05) is 11.9 Å². The molecule has 130 valence electrons. The summed E-state index contributed by atoms with van der Waals surface area (Å²) in [5.41, 5.74) is 2.42. The summed E-state index contributed by atoms with van der Waals surface area (Å²) in [7, 11) is 1.93. The second kappa shape index (κ2) is 6.31. The molecule has 24 heavy (non-hydrogen) atoms. The van der Waals surface area contributed by atoms with Gasteiger partial charge in [-0.15, -0.1) is 0 Å². The highest BCUT2D eigenvalue weighted by Gasteiger charge is 2.33.